The lowest BCUT2D eigenvalue weighted by Gasteiger charge is -2.18. The molecule has 0 amide bonds. The van der Waals surface area contributed by atoms with Crippen molar-refractivity contribution in [1.82, 2.24) is 19.9 Å². The summed E-state index contributed by atoms with van der Waals surface area (Å²) < 4.78 is 0. The topological polar surface area (TPSA) is 61.9 Å². The van der Waals surface area contributed by atoms with Gasteiger partial charge in [-0.15, -0.1) is 11.3 Å². The molecular weight excluding hydrogens is 356 g/mol. The number of rotatable bonds is 5. The van der Waals surface area contributed by atoms with Crippen molar-refractivity contribution in [3.8, 4) is 11.4 Å². The van der Waals surface area contributed by atoms with Crippen LogP contribution >= 0.6 is 11.3 Å². The predicted octanol–water partition coefficient (Wildman–Crippen LogP) is 3.45. The Hall–Kier alpha value is -2.31. The van der Waals surface area contributed by atoms with Gasteiger partial charge in [-0.1, -0.05) is 13.3 Å². The molecule has 0 unspecified atom stereocenters. The molecule has 0 spiro atoms. The minimum absolute atomic E-state index is 0.00461. The quantitative estimate of drug-likeness (QED) is 0.736. The zero-order chi connectivity index (χ0) is 18.6. The molecule has 0 radical (unpaired) electrons. The number of hydrogen-bond donors (Lipinski definition) is 1. The lowest BCUT2D eigenvalue weighted by molar-refractivity contribution is 0.281. The van der Waals surface area contributed by atoms with Crippen LogP contribution in [0, 0.1) is 0 Å². The molecular formula is C21H24N4OS. The number of aromatic nitrogens is 3. The molecule has 5 nitrogen and oxygen atoms in total. The molecule has 0 saturated carbocycles. The van der Waals surface area contributed by atoms with Gasteiger partial charge >= 0.3 is 0 Å². The number of H-pyrrole nitrogens is 1. The van der Waals surface area contributed by atoms with Gasteiger partial charge in [0.05, 0.1) is 5.69 Å². The first-order valence-corrected chi connectivity index (χ1v) is 10.4. The van der Waals surface area contributed by atoms with Crippen molar-refractivity contribution in [3.05, 3.63) is 68.0 Å². The molecule has 6 heteroatoms. The summed E-state index contributed by atoms with van der Waals surface area (Å²) in [5.74, 6) is 0.636. The van der Waals surface area contributed by atoms with Gasteiger partial charge in [-0.3, -0.25) is 14.7 Å². The summed E-state index contributed by atoms with van der Waals surface area (Å²) in [6.45, 7) is 5.00. The highest BCUT2D eigenvalue weighted by Gasteiger charge is 2.19. The monoisotopic (exact) mass is 380 g/mol. The number of hydrogen-bond acceptors (Lipinski definition) is 5. The van der Waals surface area contributed by atoms with Gasteiger partial charge in [-0.2, -0.15) is 0 Å². The fraction of sp³-hybridized carbons (Fsp3) is 0.381. The largest absolute Gasteiger partial charge is 0.306 e. The summed E-state index contributed by atoms with van der Waals surface area (Å²) in [6, 6.07) is 8.25. The number of nitrogens with zero attached hydrogens (tertiary/aromatic N) is 3. The summed E-state index contributed by atoms with van der Waals surface area (Å²) in [5.41, 5.74) is 2.67. The SMILES string of the molecule is CCCc1ccc(CN2CCc3nc(-c4ccncc4)[nH]c(=O)c3CC2)s1. The van der Waals surface area contributed by atoms with Crippen LogP contribution in [0.5, 0.6) is 0 Å². The van der Waals surface area contributed by atoms with Gasteiger partial charge in [0.25, 0.3) is 5.56 Å². The van der Waals surface area contributed by atoms with Crippen LogP contribution in [0.3, 0.4) is 0 Å². The highest BCUT2D eigenvalue weighted by molar-refractivity contribution is 7.11. The summed E-state index contributed by atoms with van der Waals surface area (Å²) in [5, 5.41) is 0. The van der Waals surface area contributed by atoms with Gasteiger partial charge in [0.1, 0.15) is 5.82 Å². The van der Waals surface area contributed by atoms with Crippen molar-refractivity contribution in [2.45, 2.75) is 39.2 Å². The lowest BCUT2D eigenvalue weighted by atomic mass is 10.1. The Kier molecular flexibility index (Phi) is 5.45. The van der Waals surface area contributed by atoms with Crippen molar-refractivity contribution in [1.29, 1.82) is 0 Å². The number of aryl methyl sites for hydroxylation is 1. The molecule has 4 rings (SSSR count). The van der Waals surface area contributed by atoms with Gasteiger partial charge in [0.2, 0.25) is 0 Å². The van der Waals surface area contributed by atoms with E-state index in [1.54, 1.807) is 12.4 Å². The van der Waals surface area contributed by atoms with Crippen LogP contribution in [0.15, 0.2) is 41.5 Å². The van der Waals surface area contributed by atoms with Gasteiger partial charge in [-0.05, 0) is 37.1 Å². The molecule has 3 aromatic rings. The Morgan fingerprint density at radius 1 is 1.11 bits per heavy atom. The van der Waals surface area contributed by atoms with E-state index in [-0.39, 0.29) is 5.56 Å². The summed E-state index contributed by atoms with van der Waals surface area (Å²) >= 11 is 1.91. The first-order valence-electron chi connectivity index (χ1n) is 9.55. The molecule has 140 valence electrons. The lowest BCUT2D eigenvalue weighted by Crippen LogP contribution is -2.25. The van der Waals surface area contributed by atoms with Crippen molar-refractivity contribution in [2.75, 3.05) is 13.1 Å². The van der Waals surface area contributed by atoms with E-state index in [2.05, 4.69) is 33.9 Å². The van der Waals surface area contributed by atoms with E-state index < -0.39 is 0 Å². The fourth-order valence-corrected chi connectivity index (χ4v) is 4.73. The highest BCUT2D eigenvalue weighted by atomic mass is 32.1. The minimum Gasteiger partial charge on any atom is -0.306 e. The molecule has 0 fully saturated rings. The van der Waals surface area contributed by atoms with Crippen molar-refractivity contribution in [2.24, 2.45) is 0 Å². The summed E-state index contributed by atoms with van der Waals surface area (Å²) in [7, 11) is 0. The van der Waals surface area contributed by atoms with Crippen molar-refractivity contribution >= 4 is 11.3 Å². The summed E-state index contributed by atoms with van der Waals surface area (Å²) in [6.07, 6.45) is 7.35. The first kappa shape index (κ1) is 18.1. The second kappa shape index (κ2) is 8.15. The molecule has 1 N–H and O–H groups in total. The standard InChI is InChI=1S/C21H24N4OS/c1-2-3-16-4-5-17(27-16)14-25-12-8-18-19(9-13-25)23-20(24-21(18)26)15-6-10-22-11-7-15/h4-7,10-11H,2-3,8-9,12-14H2,1H3,(H,23,24,26). The maximum Gasteiger partial charge on any atom is 0.254 e. The highest BCUT2D eigenvalue weighted by Crippen LogP contribution is 2.22. The van der Waals surface area contributed by atoms with Crippen LogP contribution in [0.2, 0.25) is 0 Å². The van der Waals surface area contributed by atoms with E-state index in [0.29, 0.717) is 5.82 Å². The molecule has 0 bridgehead atoms. The minimum atomic E-state index is -0.00461. The maximum absolute atomic E-state index is 12.6. The molecule has 27 heavy (non-hydrogen) atoms. The fourth-order valence-electron chi connectivity index (χ4n) is 3.57. The second-order valence-electron chi connectivity index (χ2n) is 6.97. The molecule has 0 aliphatic carbocycles. The second-order valence-corrected chi connectivity index (χ2v) is 8.22. The molecule has 0 atom stereocenters. The van der Waals surface area contributed by atoms with Crippen molar-refractivity contribution in [3.63, 3.8) is 0 Å². The molecule has 0 aromatic carbocycles. The number of thiophene rings is 1. The third kappa shape index (κ3) is 4.17. The Morgan fingerprint density at radius 3 is 2.70 bits per heavy atom. The van der Waals surface area contributed by atoms with E-state index >= 15 is 0 Å². The number of pyridine rings is 1. The summed E-state index contributed by atoms with van der Waals surface area (Å²) in [4.78, 5) is 29.7. The van der Waals surface area contributed by atoms with E-state index in [4.69, 9.17) is 4.98 Å². The average molecular weight is 381 g/mol. The van der Waals surface area contributed by atoms with E-state index in [1.165, 1.54) is 16.2 Å². The Labute approximate surface area is 163 Å². The molecule has 3 aromatic heterocycles. The smallest absolute Gasteiger partial charge is 0.254 e. The van der Waals surface area contributed by atoms with Gasteiger partial charge in [0, 0.05) is 59.3 Å². The normalized spacial score (nSPS) is 14.7. The number of aromatic amines is 1. The molecule has 1 aliphatic heterocycles. The van der Waals surface area contributed by atoms with Crippen LogP contribution in [0.1, 0.15) is 34.4 Å². The van der Waals surface area contributed by atoms with Crippen LogP contribution in [-0.2, 0) is 25.8 Å². The van der Waals surface area contributed by atoms with Gasteiger partial charge in [-0.25, -0.2) is 4.98 Å². The third-order valence-electron chi connectivity index (χ3n) is 4.99. The first-order chi connectivity index (χ1) is 13.2. The Bertz CT molecular complexity index is 964. The van der Waals surface area contributed by atoms with Crippen LogP contribution in [0.25, 0.3) is 11.4 Å². The average Bonchev–Trinajstić information content (AvgIpc) is 3.01. The van der Waals surface area contributed by atoms with Crippen LogP contribution in [0.4, 0.5) is 0 Å². The van der Waals surface area contributed by atoms with E-state index in [9.17, 15) is 4.79 Å². The third-order valence-corrected chi connectivity index (χ3v) is 6.12. The Morgan fingerprint density at radius 2 is 1.89 bits per heavy atom. The number of nitrogens with one attached hydrogen (secondary N) is 1. The van der Waals surface area contributed by atoms with E-state index in [1.807, 2.05) is 23.5 Å². The Balaban J connectivity index is 1.50. The van der Waals surface area contributed by atoms with Crippen LogP contribution in [-0.4, -0.2) is 32.9 Å². The zero-order valence-corrected chi connectivity index (χ0v) is 16.4. The zero-order valence-electron chi connectivity index (χ0n) is 15.6. The number of fused-ring (bicyclic) bond motifs is 1. The molecule has 4 heterocycles. The van der Waals surface area contributed by atoms with E-state index in [0.717, 1.165) is 55.7 Å². The predicted molar refractivity (Wildman–Crippen MR) is 109 cm³/mol. The van der Waals surface area contributed by atoms with Gasteiger partial charge in [0.15, 0.2) is 0 Å². The molecule has 1 aliphatic rings. The van der Waals surface area contributed by atoms with Gasteiger partial charge < -0.3 is 4.98 Å². The maximum atomic E-state index is 12.6. The molecule has 0 saturated heterocycles. The van der Waals surface area contributed by atoms with Crippen LogP contribution < -0.4 is 5.56 Å². The van der Waals surface area contributed by atoms with Crippen molar-refractivity contribution < 1.29 is 0 Å².